The molecule has 0 aliphatic rings. The van der Waals surface area contributed by atoms with Crippen LogP contribution in [-0.4, -0.2) is 26.3 Å². The summed E-state index contributed by atoms with van der Waals surface area (Å²) < 4.78 is 16.0. The standard InChI is InChI=1S/C20H16Cl2N2O4/c1-26-15-7-12(8-16(10-15)27-2)20(25)24-23-11-14-4-6-19(28-14)17-9-13(21)3-5-18(17)22/h3-11H,1-2H3,(H,24,25). The first-order valence-corrected chi connectivity index (χ1v) is 8.87. The summed E-state index contributed by atoms with van der Waals surface area (Å²) in [5.41, 5.74) is 3.45. The lowest BCUT2D eigenvalue weighted by atomic mass is 10.2. The third-order valence-corrected chi connectivity index (χ3v) is 4.36. The van der Waals surface area contributed by atoms with Gasteiger partial charge in [0.05, 0.1) is 25.5 Å². The summed E-state index contributed by atoms with van der Waals surface area (Å²) >= 11 is 12.2. The Morgan fingerprint density at radius 2 is 1.75 bits per heavy atom. The number of benzene rings is 2. The van der Waals surface area contributed by atoms with Gasteiger partial charge in [-0.25, -0.2) is 5.43 Å². The molecule has 2 aromatic carbocycles. The quantitative estimate of drug-likeness (QED) is 0.449. The lowest BCUT2D eigenvalue weighted by Crippen LogP contribution is -2.17. The zero-order valence-electron chi connectivity index (χ0n) is 15.0. The molecule has 0 radical (unpaired) electrons. The number of hydrazone groups is 1. The number of carbonyl (C=O) groups is 1. The average Bonchev–Trinajstić information content (AvgIpc) is 3.17. The summed E-state index contributed by atoms with van der Waals surface area (Å²) in [4.78, 5) is 12.3. The lowest BCUT2D eigenvalue weighted by Gasteiger charge is -2.07. The first kappa shape index (κ1) is 19.8. The fourth-order valence-corrected chi connectivity index (χ4v) is 2.79. The van der Waals surface area contributed by atoms with E-state index in [2.05, 4.69) is 10.5 Å². The van der Waals surface area contributed by atoms with Gasteiger partial charge < -0.3 is 13.9 Å². The summed E-state index contributed by atoms with van der Waals surface area (Å²) in [6.45, 7) is 0. The predicted octanol–water partition coefficient (Wildman–Crippen LogP) is 5.03. The molecule has 0 fully saturated rings. The first-order chi connectivity index (χ1) is 13.5. The third kappa shape index (κ3) is 4.65. The van der Waals surface area contributed by atoms with Crippen LogP contribution in [0.1, 0.15) is 16.1 Å². The number of ether oxygens (including phenoxy) is 2. The molecule has 144 valence electrons. The van der Waals surface area contributed by atoms with Crippen LogP contribution in [0.4, 0.5) is 0 Å². The zero-order chi connectivity index (χ0) is 20.1. The van der Waals surface area contributed by atoms with Crippen molar-refractivity contribution in [3.63, 3.8) is 0 Å². The SMILES string of the molecule is COc1cc(OC)cc(C(=O)NN=Cc2ccc(-c3cc(Cl)ccc3Cl)o2)c1. The maximum Gasteiger partial charge on any atom is 0.271 e. The second kappa shape index (κ2) is 8.82. The smallest absolute Gasteiger partial charge is 0.271 e. The number of furan rings is 1. The molecular formula is C20H16Cl2N2O4. The van der Waals surface area contributed by atoms with Gasteiger partial charge in [0.15, 0.2) is 0 Å². The van der Waals surface area contributed by atoms with Crippen LogP contribution >= 0.6 is 23.2 Å². The van der Waals surface area contributed by atoms with E-state index in [-0.39, 0.29) is 0 Å². The van der Waals surface area contributed by atoms with E-state index in [9.17, 15) is 4.79 Å². The number of nitrogens with one attached hydrogen (secondary N) is 1. The van der Waals surface area contributed by atoms with Crippen LogP contribution < -0.4 is 14.9 Å². The van der Waals surface area contributed by atoms with Crippen LogP contribution in [0.3, 0.4) is 0 Å². The maximum absolute atomic E-state index is 12.3. The van der Waals surface area contributed by atoms with Crippen LogP contribution in [0.15, 0.2) is 58.0 Å². The summed E-state index contributed by atoms with van der Waals surface area (Å²) in [5, 5.41) is 4.98. The molecule has 3 aromatic rings. The molecule has 3 rings (SSSR count). The highest BCUT2D eigenvalue weighted by Crippen LogP contribution is 2.31. The molecule has 0 saturated carbocycles. The number of methoxy groups -OCH3 is 2. The topological polar surface area (TPSA) is 73.1 Å². The molecule has 28 heavy (non-hydrogen) atoms. The van der Waals surface area contributed by atoms with Crippen molar-refractivity contribution in [2.24, 2.45) is 5.10 Å². The summed E-state index contributed by atoms with van der Waals surface area (Å²) in [6.07, 6.45) is 1.39. The predicted molar refractivity (Wildman–Crippen MR) is 109 cm³/mol. The molecule has 0 spiro atoms. The Morgan fingerprint density at radius 1 is 1.04 bits per heavy atom. The minimum Gasteiger partial charge on any atom is -0.497 e. The van der Waals surface area contributed by atoms with E-state index in [0.29, 0.717) is 44.2 Å². The van der Waals surface area contributed by atoms with E-state index in [1.165, 1.54) is 20.4 Å². The Kier molecular flexibility index (Phi) is 6.23. The molecule has 0 bridgehead atoms. The number of amides is 1. The van der Waals surface area contributed by atoms with Crippen molar-refractivity contribution in [2.45, 2.75) is 0 Å². The number of rotatable bonds is 6. The van der Waals surface area contributed by atoms with Gasteiger partial charge in [-0.05, 0) is 42.5 Å². The third-order valence-electron chi connectivity index (χ3n) is 3.79. The van der Waals surface area contributed by atoms with Crippen molar-refractivity contribution in [3.05, 3.63) is 69.9 Å². The van der Waals surface area contributed by atoms with Crippen molar-refractivity contribution in [1.29, 1.82) is 0 Å². The van der Waals surface area contributed by atoms with Crippen molar-refractivity contribution < 1.29 is 18.7 Å². The Balaban J connectivity index is 1.71. The van der Waals surface area contributed by atoms with Gasteiger partial charge in [-0.3, -0.25) is 4.79 Å². The molecule has 1 N–H and O–H groups in total. The van der Waals surface area contributed by atoms with E-state index < -0.39 is 5.91 Å². The molecule has 1 heterocycles. The fourth-order valence-electron chi connectivity index (χ4n) is 2.41. The molecule has 8 heteroatoms. The van der Waals surface area contributed by atoms with Crippen LogP contribution in [0, 0.1) is 0 Å². The van der Waals surface area contributed by atoms with E-state index in [1.54, 1.807) is 48.5 Å². The number of hydrogen-bond acceptors (Lipinski definition) is 5. The fraction of sp³-hybridized carbons (Fsp3) is 0.100. The van der Waals surface area contributed by atoms with E-state index in [1.807, 2.05) is 0 Å². The van der Waals surface area contributed by atoms with Gasteiger partial charge >= 0.3 is 0 Å². The second-order valence-electron chi connectivity index (χ2n) is 5.63. The highest BCUT2D eigenvalue weighted by molar-refractivity contribution is 6.35. The molecule has 0 unspecified atom stereocenters. The van der Waals surface area contributed by atoms with E-state index in [4.69, 9.17) is 37.1 Å². The molecule has 1 amide bonds. The molecule has 6 nitrogen and oxygen atoms in total. The number of carbonyl (C=O) groups excluding carboxylic acids is 1. The van der Waals surface area contributed by atoms with E-state index >= 15 is 0 Å². The highest BCUT2D eigenvalue weighted by Gasteiger charge is 2.10. The average molecular weight is 419 g/mol. The van der Waals surface area contributed by atoms with Gasteiger partial charge in [0.2, 0.25) is 0 Å². The Bertz CT molecular complexity index is 1010. The van der Waals surface area contributed by atoms with Crippen LogP contribution in [0.5, 0.6) is 11.5 Å². The van der Waals surface area contributed by atoms with Crippen molar-refractivity contribution >= 4 is 35.3 Å². The van der Waals surface area contributed by atoms with Gasteiger partial charge in [-0.15, -0.1) is 0 Å². The van der Waals surface area contributed by atoms with Crippen LogP contribution in [0.2, 0.25) is 10.0 Å². The van der Waals surface area contributed by atoms with Crippen molar-refractivity contribution in [3.8, 4) is 22.8 Å². The Hall–Kier alpha value is -2.96. The summed E-state index contributed by atoms with van der Waals surface area (Å²) in [7, 11) is 3.02. The first-order valence-electron chi connectivity index (χ1n) is 8.12. The Labute approximate surface area is 171 Å². The van der Waals surface area contributed by atoms with Gasteiger partial charge in [-0.2, -0.15) is 5.10 Å². The molecule has 1 aromatic heterocycles. The van der Waals surface area contributed by atoms with E-state index in [0.717, 1.165) is 0 Å². The summed E-state index contributed by atoms with van der Waals surface area (Å²) in [6, 6.07) is 13.4. The zero-order valence-corrected chi connectivity index (χ0v) is 16.5. The van der Waals surface area contributed by atoms with Gasteiger partial charge in [-0.1, -0.05) is 23.2 Å². The minimum absolute atomic E-state index is 0.346. The van der Waals surface area contributed by atoms with Crippen molar-refractivity contribution in [2.75, 3.05) is 14.2 Å². The molecule has 0 atom stereocenters. The lowest BCUT2D eigenvalue weighted by molar-refractivity contribution is 0.0954. The largest absolute Gasteiger partial charge is 0.497 e. The maximum atomic E-state index is 12.3. The number of halogens is 2. The monoisotopic (exact) mass is 418 g/mol. The van der Waals surface area contributed by atoms with Gasteiger partial charge in [0, 0.05) is 22.2 Å². The number of hydrogen-bond donors (Lipinski definition) is 1. The van der Waals surface area contributed by atoms with Gasteiger partial charge in [0.1, 0.15) is 23.0 Å². The highest BCUT2D eigenvalue weighted by atomic mass is 35.5. The molecule has 0 aliphatic carbocycles. The second-order valence-corrected chi connectivity index (χ2v) is 6.47. The van der Waals surface area contributed by atoms with Crippen LogP contribution in [0.25, 0.3) is 11.3 Å². The normalized spacial score (nSPS) is 10.9. The van der Waals surface area contributed by atoms with Crippen molar-refractivity contribution in [1.82, 2.24) is 5.43 Å². The Morgan fingerprint density at radius 3 is 2.43 bits per heavy atom. The van der Waals surface area contributed by atoms with Crippen LogP contribution in [-0.2, 0) is 0 Å². The molecule has 0 saturated heterocycles. The molecule has 0 aliphatic heterocycles. The minimum atomic E-state index is -0.418. The number of nitrogens with zero attached hydrogens (tertiary/aromatic N) is 1. The summed E-state index contributed by atoms with van der Waals surface area (Å²) in [5.74, 6) is 1.57. The van der Waals surface area contributed by atoms with Gasteiger partial charge in [0.25, 0.3) is 5.91 Å². The molecular weight excluding hydrogens is 403 g/mol.